The molecular formula is C20H22N4O2S. The number of rotatable bonds is 8. The van der Waals surface area contributed by atoms with Gasteiger partial charge in [0.1, 0.15) is 5.75 Å². The van der Waals surface area contributed by atoms with Gasteiger partial charge >= 0.3 is 0 Å². The van der Waals surface area contributed by atoms with E-state index < -0.39 is 0 Å². The number of benzene rings is 1. The van der Waals surface area contributed by atoms with E-state index in [0.29, 0.717) is 24.0 Å². The Morgan fingerprint density at radius 3 is 2.70 bits per heavy atom. The van der Waals surface area contributed by atoms with Crippen LogP contribution in [0.4, 0.5) is 5.95 Å². The lowest BCUT2D eigenvalue weighted by atomic mass is 10.1. The highest BCUT2D eigenvalue weighted by molar-refractivity contribution is 7.17. The summed E-state index contributed by atoms with van der Waals surface area (Å²) in [4.78, 5) is 22.5. The molecule has 0 spiro atoms. The van der Waals surface area contributed by atoms with Crippen LogP contribution in [-0.4, -0.2) is 36.1 Å². The van der Waals surface area contributed by atoms with Crippen LogP contribution in [0.15, 0.2) is 48.7 Å². The number of carbonyl (C=O) groups excluding carboxylic acids is 1. The topological polar surface area (TPSA) is 76.1 Å². The molecule has 3 aromatic rings. The molecule has 0 aliphatic heterocycles. The smallest absolute Gasteiger partial charge is 0.261 e. The summed E-state index contributed by atoms with van der Waals surface area (Å²) in [5.41, 5.74) is 1.96. The van der Waals surface area contributed by atoms with Crippen molar-refractivity contribution in [2.75, 3.05) is 25.5 Å². The van der Waals surface area contributed by atoms with Crippen LogP contribution in [-0.2, 0) is 6.42 Å². The molecule has 140 valence electrons. The zero-order valence-electron chi connectivity index (χ0n) is 15.4. The molecule has 0 bridgehead atoms. The number of nitrogens with zero attached hydrogens (tertiary/aromatic N) is 2. The Morgan fingerprint density at radius 1 is 1.15 bits per heavy atom. The maximum atomic E-state index is 12.4. The minimum absolute atomic E-state index is 0.0694. The van der Waals surface area contributed by atoms with Gasteiger partial charge in [0, 0.05) is 19.8 Å². The summed E-state index contributed by atoms with van der Waals surface area (Å²) >= 11 is 1.42. The van der Waals surface area contributed by atoms with Crippen LogP contribution in [0, 0.1) is 0 Å². The molecule has 0 unspecified atom stereocenters. The molecule has 0 atom stereocenters. The zero-order valence-corrected chi connectivity index (χ0v) is 16.2. The van der Waals surface area contributed by atoms with E-state index in [9.17, 15) is 4.79 Å². The molecule has 6 nitrogen and oxygen atoms in total. The minimum Gasteiger partial charge on any atom is -0.494 e. The molecule has 0 aliphatic rings. The SMILES string of the molecule is CCOc1ccc(CCNC(=O)c2ccc(-c3ccnc(NC)n3)s2)cc1. The Hall–Kier alpha value is -2.93. The summed E-state index contributed by atoms with van der Waals surface area (Å²) in [5.74, 6) is 1.35. The Balaban J connectivity index is 1.54. The van der Waals surface area contributed by atoms with Crippen LogP contribution < -0.4 is 15.4 Å². The lowest BCUT2D eigenvalue weighted by Gasteiger charge is -2.06. The van der Waals surface area contributed by atoms with Gasteiger partial charge in [0.25, 0.3) is 5.91 Å². The molecule has 7 heteroatoms. The molecule has 3 rings (SSSR count). The number of hydrogen-bond acceptors (Lipinski definition) is 6. The number of hydrogen-bond donors (Lipinski definition) is 2. The lowest BCUT2D eigenvalue weighted by molar-refractivity contribution is 0.0958. The summed E-state index contributed by atoms with van der Waals surface area (Å²) in [6.07, 6.45) is 2.47. The number of amides is 1. The first-order valence-corrected chi connectivity index (χ1v) is 9.62. The fraction of sp³-hybridized carbons (Fsp3) is 0.250. The van der Waals surface area contributed by atoms with Crippen LogP contribution in [0.1, 0.15) is 22.2 Å². The fourth-order valence-electron chi connectivity index (χ4n) is 2.54. The summed E-state index contributed by atoms with van der Waals surface area (Å²) in [6, 6.07) is 13.5. The molecule has 2 N–H and O–H groups in total. The Labute approximate surface area is 162 Å². The predicted octanol–water partition coefficient (Wildman–Crippen LogP) is 3.62. The number of carbonyl (C=O) groups is 1. The van der Waals surface area contributed by atoms with Gasteiger partial charge in [0.05, 0.1) is 22.1 Å². The van der Waals surface area contributed by atoms with Gasteiger partial charge in [-0.05, 0) is 49.2 Å². The van der Waals surface area contributed by atoms with Crippen molar-refractivity contribution in [1.29, 1.82) is 0 Å². The van der Waals surface area contributed by atoms with Crippen molar-refractivity contribution in [3.05, 3.63) is 59.1 Å². The molecule has 0 saturated heterocycles. The van der Waals surface area contributed by atoms with Crippen LogP contribution in [0.3, 0.4) is 0 Å². The third-order valence-corrected chi connectivity index (χ3v) is 5.00. The number of aromatic nitrogens is 2. The normalized spacial score (nSPS) is 10.4. The van der Waals surface area contributed by atoms with Gasteiger partial charge in [-0.1, -0.05) is 12.1 Å². The minimum atomic E-state index is -0.0694. The number of ether oxygens (including phenoxy) is 1. The second kappa shape index (κ2) is 9.14. The highest BCUT2D eigenvalue weighted by Crippen LogP contribution is 2.26. The van der Waals surface area contributed by atoms with Crippen LogP contribution in [0.5, 0.6) is 5.75 Å². The summed E-state index contributed by atoms with van der Waals surface area (Å²) in [7, 11) is 1.77. The van der Waals surface area contributed by atoms with Crippen LogP contribution in [0.2, 0.25) is 0 Å². The average molecular weight is 382 g/mol. The molecule has 0 saturated carbocycles. The van der Waals surface area contributed by atoms with Gasteiger partial charge in [-0.2, -0.15) is 0 Å². The van der Waals surface area contributed by atoms with Gasteiger partial charge in [-0.3, -0.25) is 4.79 Å². The second-order valence-electron chi connectivity index (χ2n) is 5.76. The lowest BCUT2D eigenvalue weighted by Crippen LogP contribution is -2.24. The number of nitrogens with one attached hydrogen (secondary N) is 2. The number of anilines is 1. The molecule has 0 fully saturated rings. The first-order chi connectivity index (χ1) is 13.2. The predicted molar refractivity (Wildman–Crippen MR) is 109 cm³/mol. The maximum Gasteiger partial charge on any atom is 0.261 e. The van der Waals surface area contributed by atoms with Crippen molar-refractivity contribution in [2.24, 2.45) is 0 Å². The van der Waals surface area contributed by atoms with Gasteiger partial charge in [0.15, 0.2) is 0 Å². The van der Waals surface area contributed by atoms with E-state index in [1.165, 1.54) is 11.3 Å². The fourth-order valence-corrected chi connectivity index (χ4v) is 3.43. The Morgan fingerprint density at radius 2 is 1.96 bits per heavy atom. The van der Waals surface area contributed by atoms with E-state index >= 15 is 0 Å². The quantitative estimate of drug-likeness (QED) is 0.622. The van der Waals surface area contributed by atoms with Crippen LogP contribution in [0.25, 0.3) is 10.6 Å². The van der Waals surface area contributed by atoms with E-state index in [-0.39, 0.29) is 5.91 Å². The van der Waals surface area contributed by atoms with E-state index in [4.69, 9.17) is 4.74 Å². The molecule has 27 heavy (non-hydrogen) atoms. The average Bonchev–Trinajstić information content (AvgIpc) is 3.20. The third kappa shape index (κ3) is 5.04. The van der Waals surface area contributed by atoms with Gasteiger partial charge < -0.3 is 15.4 Å². The van der Waals surface area contributed by atoms with Gasteiger partial charge in [-0.25, -0.2) is 9.97 Å². The molecule has 2 aromatic heterocycles. The highest BCUT2D eigenvalue weighted by Gasteiger charge is 2.11. The maximum absolute atomic E-state index is 12.4. The third-order valence-electron chi connectivity index (χ3n) is 3.90. The van der Waals surface area contributed by atoms with Gasteiger partial charge in [-0.15, -0.1) is 11.3 Å². The van der Waals surface area contributed by atoms with Crippen molar-refractivity contribution in [2.45, 2.75) is 13.3 Å². The first kappa shape index (κ1) is 18.8. The Bertz CT molecular complexity index is 893. The van der Waals surface area contributed by atoms with E-state index in [2.05, 4.69) is 20.6 Å². The summed E-state index contributed by atoms with van der Waals surface area (Å²) in [5, 5.41) is 5.89. The van der Waals surface area contributed by atoms with E-state index in [1.54, 1.807) is 13.2 Å². The van der Waals surface area contributed by atoms with Crippen molar-refractivity contribution in [3.63, 3.8) is 0 Å². The summed E-state index contributed by atoms with van der Waals surface area (Å²) in [6.45, 7) is 3.20. The zero-order chi connectivity index (χ0) is 19.1. The van der Waals surface area contributed by atoms with Crippen molar-refractivity contribution in [1.82, 2.24) is 15.3 Å². The molecule has 0 radical (unpaired) electrons. The summed E-state index contributed by atoms with van der Waals surface area (Å²) < 4.78 is 5.43. The second-order valence-corrected chi connectivity index (χ2v) is 6.85. The number of thiophene rings is 1. The van der Waals surface area contributed by atoms with Crippen molar-refractivity contribution >= 4 is 23.2 Å². The standard InChI is InChI=1S/C20H22N4O2S/c1-3-26-15-6-4-14(5-7-15)10-12-22-19(25)18-9-8-17(27-18)16-11-13-23-20(21-2)24-16/h4-9,11,13H,3,10,12H2,1-2H3,(H,22,25)(H,21,23,24). The van der Waals surface area contributed by atoms with E-state index in [0.717, 1.165) is 28.3 Å². The monoisotopic (exact) mass is 382 g/mol. The molecule has 1 amide bonds. The molecule has 0 aliphatic carbocycles. The molecule has 2 heterocycles. The molecular weight excluding hydrogens is 360 g/mol. The van der Waals surface area contributed by atoms with Crippen LogP contribution >= 0.6 is 11.3 Å². The van der Waals surface area contributed by atoms with E-state index in [1.807, 2.05) is 49.4 Å². The Kier molecular flexibility index (Phi) is 6.38. The first-order valence-electron chi connectivity index (χ1n) is 8.80. The molecule has 1 aromatic carbocycles. The highest BCUT2D eigenvalue weighted by atomic mass is 32.1. The van der Waals surface area contributed by atoms with Crippen molar-refractivity contribution in [3.8, 4) is 16.3 Å². The van der Waals surface area contributed by atoms with Gasteiger partial charge in [0.2, 0.25) is 5.95 Å². The largest absolute Gasteiger partial charge is 0.494 e. The van der Waals surface area contributed by atoms with Crippen molar-refractivity contribution < 1.29 is 9.53 Å².